The number of carbonyl (C=O) groups excluding carboxylic acids is 2. The van der Waals surface area contributed by atoms with Gasteiger partial charge in [-0.15, -0.1) is 24.8 Å². The molecular formula is C22H31Cl2N5O2. The lowest BCUT2D eigenvalue weighted by Gasteiger charge is -2.33. The van der Waals surface area contributed by atoms with Crippen LogP contribution in [0.3, 0.4) is 0 Å². The largest absolute Gasteiger partial charge is 0.354 e. The molecule has 4 rings (SSSR count). The number of likely N-dealkylation sites (tertiary alicyclic amines) is 1. The molecule has 2 amide bonds. The maximum absolute atomic E-state index is 12.9. The van der Waals surface area contributed by atoms with E-state index in [0.717, 1.165) is 56.4 Å². The molecular weight excluding hydrogens is 437 g/mol. The average molecular weight is 468 g/mol. The summed E-state index contributed by atoms with van der Waals surface area (Å²) in [5.41, 5.74) is 1.86. The molecule has 170 valence electrons. The molecule has 2 unspecified atom stereocenters. The number of hydrogen-bond donors (Lipinski definition) is 2. The van der Waals surface area contributed by atoms with E-state index >= 15 is 0 Å². The number of rotatable bonds is 6. The lowest BCUT2D eigenvalue weighted by molar-refractivity contribution is -0.123. The smallest absolute Gasteiger partial charge is 0.253 e. The first-order chi connectivity index (χ1) is 14.2. The van der Waals surface area contributed by atoms with Crippen LogP contribution < -0.4 is 10.6 Å². The first-order valence-corrected chi connectivity index (χ1v) is 10.5. The highest BCUT2D eigenvalue weighted by Gasteiger charge is 2.26. The van der Waals surface area contributed by atoms with Crippen molar-refractivity contribution in [3.05, 3.63) is 54.1 Å². The molecule has 7 nitrogen and oxygen atoms in total. The summed E-state index contributed by atoms with van der Waals surface area (Å²) in [5, 5.41) is 6.30. The standard InChI is InChI=1S/C22H29N5O2.2ClH/c28-21(20-4-1-9-24-20)25-13-18-3-2-11-27(15-18)22(29)19-7-5-17(6-8-19)14-26-12-10-23-16-26;;/h5-8,10,12,16,18,20,24H,1-4,9,11,13-15H2,(H,25,28);2*1H. The summed E-state index contributed by atoms with van der Waals surface area (Å²) in [6.45, 7) is 3.80. The number of aromatic nitrogens is 2. The van der Waals surface area contributed by atoms with Gasteiger partial charge in [-0.25, -0.2) is 4.98 Å². The van der Waals surface area contributed by atoms with Gasteiger partial charge in [0.15, 0.2) is 0 Å². The molecule has 1 aromatic carbocycles. The quantitative estimate of drug-likeness (QED) is 0.683. The Hall–Kier alpha value is -2.09. The molecule has 1 aromatic heterocycles. The summed E-state index contributed by atoms with van der Waals surface area (Å²) < 4.78 is 2.00. The van der Waals surface area contributed by atoms with Crippen LogP contribution in [0, 0.1) is 5.92 Å². The van der Waals surface area contributed by atoms with Gasteiger partial charge in [0.2, 0.25) is 5.91 Å². The number of carbonyl (C=O) groups is 2. The third kappa shape index (κ3) is 6.69. The van der Waals surface area contributed by atoms with Gasteiger partial charge in [-0.1, -0.05) is 12.1 Å². The van der Waals surface area contributed by atoms with Crippen molar-refractivity contribution in [3.8, 4) is 0 Å². The number of nitrogens with zero attached hydrogens (tertiary/aromatic N) is 3. The molecule has 2 atom stereocenters. The summed E-state index contributed by atoms with van der Waals surface area (Å²) in [6, 6.07) is 7.78. The molecule has 9 heteroatoms. The third-order valence-electron chi connectivity index (χ3n) is 5.87. The molecule has 2 fully saturated rings. The molecule has 2 aliphatic heterocycles. The van der Waals surface area contributed by atoms with E-state index < -0.39 is 0 Å². The van der Waals surface area contributed by atoms with E-state index in [-0.39, 0.29) is 42.7 Å². The van der Waals surface area contributed by atoms with Crippen molar-refractivity contribution in [2.24, 2.45) is 5.92 Å². The zero-order chi connectivity index (χ0) is 20.1. The van der Waals surface area contributed by atoms with Crippen LogP contribution in [0.25, 0.3) is 0 Å². The molecule has 0 radical (unpaired) electrons. The van der Waals surface area contributed by atoms with Crippen LogP contribution in [0.15, 0.2) is 43.0 Å². The topological polar surface area (TPSA) is 79.3 Å². The zero-order valence-corrected chi connectivity index (χ0v) is 19.2. The first kappa shape index (κ1) is 25.2. The minimum atomic E-state index is -0.0443. The van der Waals surface area contributed by atoms with Gasteiger partial charge >= 0.3 is 0 Å². The lowest BCUT2D eigenvalue weighted by atomic mass is 9.97. The fourth-order valence-electron chi connectivity index (χ4n) is 4.22. The van der Waals surface area contributed by atoms with Gasteiger partial charge in [-0.2, -0.15) is 0 Å². The van der Waals surface area contributed by atoms with Crippen molar-refractivity contribution in [1.29, 1.82) is 0 Å². The van der Waals surface area contributed by atoms with Crippen molar-refractivity contribution in [2.75, 3.05) is 26.2 Å². The van der Waals surface area contributed by atoms with Crippen molar-refractivity contribution in [2.45, 2.75) is 38.3 Å². The molecule has 2 saturated heterocycles. The predicted molar refractivity (Wildman–Crippen MR) is 125 cm³/mol. The second-order valence-corrected chi connectivity index (χ2v) is 8.09. The Labute approximate surface area is 195 Å². The highest BCUT2D eigenvalue weighted by atomic mass is 35.5. The van der Waals surface area contributed by atoms with Crippen LogP contribution in [0.5, 0.6) is 0 Å². The van der Waals surface area contributed by atoms with Gasteiger partial charge in [-0.3, -0.25) is 9.59 Å². The number of amides is 2. The maximum Gasteiger partial charge on any atom is 0.253 e. The van der Waals surface area contributed by atoms with Crippen molar-refractivity contribution >= 4 is 36.6 Å². The monoisotopic (exact) mass is 467 g/mol. The second-order valence-electron chi connectivity index (χ2n) is 8.09. The highest BCUT2D eigenvalue weighted by molar-refractivity contribution is 5.94. The van der Waals surface area contributed by atoms with Crippen molar-refractivity contribution in [3.63, 3.8) is 0 Å². The van der Waals surface area contributed by atoms with Gasteiger partial charge in [0, 0.05) is 44.1 Å². The van der Waals surface area contributed by atoms with E-state index in [1.54, 1.807) is 12.5 Å². The van der Waals surface area contributed by atoms with Gasteiger partial charge in [-0.05, 0) is 55.8 Å². The number of imidazole rings is 1. The zero-order valence-electron chi connectivity index (χ0n) is 17.5. The average Bonchev–Trinajstić information content (AvgIpc) is 3.47. The molecule has 0 bridgehead atoms. The van der Waals surface area contributed by atoms with E-state index in [1.165, 1.54) is 0 Å². The molecule has 0 saturated carbocycles. The van der Waals surface area contributed by atoms with E-state index in [1.807, 2.05) is 39.9 Å². The lowest BCUT2D eigenvalue weighted by Crippen LogP contribution is -2.46. The van der Waals surface area contributed by atoms with Crippen molar-refractivity contribution in [1.82, 2.24) is 25.1 Å². The number of nitrogens with one attached hydrogen (secondary N) is 2. The summed E-state index contributed by atoms with van der Waals surface area (Å²) in [6.07, 6.45) is 9.47. The van der Waals surface area contributed by atoms with E-state index in [2.05, 4.69) is 15.6 Å². The summed E-state index contributed by atoms with van der Waals surface area (Å²) in [7, 11) is 0. The van der Waals surface area contributed by atoms with Crippen LogP contribution in [-0.2, 0) is 11.3 Å². The number of halogens is 2. The number of hydrogen-bond acceptors (Lipinski definition) is 4. The summed E-state index contributed by atoms with van der Waals surface area (Å²) in [5.74, 6) is 0.491. The minimum Gasteiger partial charge on any atom is -0.354 e. The van der Waals surface area contributed by atoms with E-state index in [4.69, 9.17) is 0 Å². The van der Waals surface area contributed by atoms with Crippen LogP contribution in [0.2, 0.25) is 0 Å². The molecule has 0 aliphatic carbocycles. The Morgan fingerprint density at radius 3 is 2.61 bits per heavy atom. The Bertz CT molecular complexity index is 823. The van der Waals surface area contributed by atoms with E-state index in [0.29, 0.717) is 19.0 Å². The third-order valence-corrected chi connectivity index (χ3v) is 5.87. The Balaban J connectivity index is 0.00000171. The minimum absolute atomic E-state index is 0. The normalized spacial score (nSPS) is 20.5. The maximum atomic E-state index is 12.9. The summed E-state index contributed by atoms with van der Waals surface area (Å²) in [4.78, 5) is 31.1. The van der Waals surface area contributed by atoms with Gasteiger partial charge < -0.3 is 20.1 Å². The molecule has 3 heterocycles. The Morgan fingerprint density at radius 1 is 1.13 bits per heavy atom. The van der Waals surface area contributed by atoms with Crippen LogP contribution in [0.4, 0.5) is 0 Å². The molecule has 31 heavy (non-hydrogen) atoms. The SMILES string of the molecule is Cl.Cl.O=C(NCC1CCCN(C(=O)c2ccc(Cn3ccnc3)cc2)C1)C1CCCN1. The molecule has 2 aliphatic rings. The fraction of sp³-hybridized carbons (Fsp3) is 0.500. The second kappa shape index (κ2) is 12.1. The molecule has 2 aromatic rings. The van der Waals surface area contributed by atoms with Crippen LogP contribution in [0.1, 0.15) is 41.6 Å². The Kier molecular flexibility index (Phi) is 9.81. The molecule has 0 spiro atoms. The van der Waals surface area contributed by atoms with Crippen LogP contribution >= 0.6 is 24.8 Å². The van der Waals surface area contributed by atoms with Crippen molar-refractivity contribution < 1.29 is 9.59 Å². The summed E-state index contributed by atoms with van der Waals surface area (Å²) >= 11 is 0. The van der Waals surface area contributed by atoms with Gasteiger partial charge in [0.25, 0.3) is 5.91 Å². The van der Waals surface area contributed by atoms with Gasteiger partial charge in [0.1, 0.15) is 0 Å². The number of benzene rings is 1. The fourth-order valence-corrected chi connectivity index (χ4v) is 4.22. The Morgan fingerprint density at radius 2 is 1.94 bits per heavy atom. The first-order valence-electron chi connectivity index (χ1n) is 10.5. The molecule has 2 N–H and O–H groups in total. The van der Waals surface area contributed by atoms with E-state index in [9.17, 15) is 9.59 Å². The van der Waals surface area contributed by atoms with Gasteiger partial charge in [0.05, 0.1) is 12.4 Å². The number of piperidine rings is 1. The van der Waals surface area contributed by atoms with Crippen LogP contribution in [-0.4, -0.2) is 58.5 Å². The highest BCUT2D eigenvalue weighted by Crippen LogP contribution is 2.19. The predicted octanol–water partition coefficient (Wildman–Crippen LogP) is 2.50.